The highest BCUT2D eigenvalue weighted by Gasteiger charge is 2.42. The summed E-state index contributed by atoms with van der Waals surface area (Å²) in [5.74, 6) is 1.18. The topological polar surface area (TPSA) is 79.5 Å². The lowest BCUT2D eigenvalue weighted by Gasteiger charge is -2.22. The summed E-state index contributed by atoms with van der Waals surface area (Å²) in [5, 5.41) is 12.4. The smallest absolute Gasteiger partial charge is 0.272 e. The van der Waals surface area contributed by atoms with Crippen molar-refractivity contribution in [1.29, 1.82) is 0 Å². The molecule has 27 heavy (non-hydrogen) atoms. The first-order valence-electron chi connectivity index (χ1n) is 8.92. The molecule has 8 nitrogen and oxygen atoms in total. The molecule has 2 atom stereocenters. The van der Waals surface area contributed by atoms with Gasteiger partial charge in [-0.25, -0.2) is 9.37 Å². The van der Waals surface area contributed by atoms with Gasteiger partial charge in [0.05, 0.1) is 6.20 Å². The number of aryl methyl sites for hydroxylation is 1. The second kappa shape index (κ2) is 5.97. The van der Waals surface area contributed by atoms with Crippen LogP contribution in [0.3, 0.4) is 0 Å². The van der Waals surface area contributed by atoms with E-state index in [2.05, 4.69) is 25.2 Å². The molecule has 2 fully saturated rings. The first kappa shape index (κ1) is 16.1. The van der Waals surface area contributed by atoms with Crippen LogP contribution in [0.4, 0.5) is 10.2 Å². The van der Waals surface area contributed by atoms with E-state index in [-0.39, 0.29) is 5.91 Å². The van der Waals surface area contributed by atoms with Crippen molar-refractivity contribution < 1.29 is 9.18 Å². The second-order valence-corrected chi connectivity index (χ2v) is 7.28. The van der Waals surface area contributed by atoms with Crippen molar-refractivity contribution in [2.45, 2.75) is 6.92 Å². The minimum absolute atomic E-state index is 0.122. The van der Waals surface area contributed by atoms with Crippen LogP contribution in [0.2, 0.25) is 0 Å². The molecule has 2 unspecified atom stereocenters. The van der Waals surface area contributed by atoms with Crippen LogP contribution >= 0.6 is 0 Å². The van der Waals surface area contributed by atoms with E-state index in [1.54, 1.807) is 17.8 Å². The fraction of sp³-hybridized carbons (Fsp3) is 0.389. The van der Waals surface area contributed by atoms with E-state index in [9.17, 15) is 9.18 Å². The standard InChI is InChI=1S/C18H18FN7O/c1-11-4-15(20-5-14(11)19)18(27)25-8-12-6-24(7-13(12)9-25)17-3-2-16-22-21-10-26(16)23-17/h2-5,10,12-13H,6-9H2,1H3. The van der Waals surface area contributed by atoms with Crippen LogP contribution in [-0.4, -0.2) is 61.8 Å². The van der Waals surface area contributed by atoms with Gasteiger partial charge in [-0.15, -0.1) is 15.3 Å². The number of carbonyl (C=O) groups excluding carboxylic acids is 1. The Morgan fingerprint density at radius 1 is 1.19 bits per heavy atom. The average Bonchev–Trinajstić information content (AvgIpc) is 3.36. The lowest BCUT2D eigenvalue weighted by molar-refractivity contribution is 0.0776. The van der Waals surface area contributed by atoms with Crippen molar-refractivity contribution in [2.24, 2.45) is 11.8 Å². The number of likely N-dealkylation sites (tertiary alicyclic amines) is 1. The number of pyridine rings is 1. The summed E-state index contributed by atoms with van der Waals surface area (Å²) < 4.78 is 15.1. The normalized spacial score (nSPS) is 21.9. The van der Waals surface area contributed by atoms with Crippen LogP contribution in [0.5, 0.6) is 0 Å². The van der Waals surface area contributed by atoms with Gasteiger partial charge < -0.3 is 9.80 Å². The predicted molar refractivity (Wildman–Crippen MR) is 94.8 cm³/mol. The van der Waals surface area contributed by atoms with Crippen molar-refractivity contribution in [3.63, 3.8) is 0 Å². The third-order valence-electron chi connectivity index (χ3n) is 5.51. The molecular weight excluding hydrogens is 349 g/mol. The Morgan fingerprint density at radius 3 is 2.70 bits per heavy atom. The summed E-state index contributed by atoms with van der Waals surface area (Å²) in [6, 6.07) is 5.39. The van der Waals surface area contributed by atoms with Crippen LogP contribution in [0.15, 0.2) is 30.7 Å². The predicted octanol–water partition coefficient (Wildman–Crippen LogP) is 1.18. The molecule has 2 saturated heterocycles. The van der Waals surface area contributed by atoms with Gasteiger partial charge in [0.15, 0.2) is 5.65 Å². The highest BCUT2D eigenvalue weighted by molar-refractivity contribution is 5.92. The Bertz CT molecular complexity index is 1020. The van der Waals surface area contributed by atoms with Crippen LogP contribution in [-0.2, 0) is 0 Å². The molecule has 2 aliphatic rings. The van der Waals surface area contributed by atoms with E-state index in [1.807, 2.05) is 17.0 Å². The number of aromatic nitrogens is 5. The van der Waals surface area contributed by atoms with Crippen molar-refractivity contribution in [2.75, 3.05) is 31.1 Å². The van der Waals surface area contributed by atoms with Crippen molar-refractivity contribution in [1.82, 2.24) is 29.7 Å². The summed E-state index contributed by atoms with van der Waals surface area (Å²) in [7, 11) is 0. The SMILES string of the molecule is Cc1cc(C(=O)N2CC3CN(c4ccc5nncn5n4)CC3C2)ncc1F. The molecule has 0 aliphatic carbocycles. The fourth-order valence-electron chi connectivity index (χ4n) is 4.05. The Labute approximate surface area is 154 Å². The molecule has 5 rings (SSSR count). The number of nitrogens with zero attached hydrogens (tertiary/aromatic N) is 7. The van der Waals surface area contributed by atoms with Crippen LogP contribution in [0.25, 0.3) is 5.65 Å². The number of rotatable bonds is 2. The van der Waals surface area contributed by atoms with Crippen molar-refractivity contribution in [3.8, 4) is 0 Å². The maximum atomic E-state index is 13.4. The molecule has 0 aromatic carbocycles. The molecule has 2 aliphatic heterocycles. The van der Waals surface area contributed by atoms with Gasteiger partial charge in [-0.3, -0.25) is 4.79 Å². The van der Waals surface area contributed by atoms with Gasteiger partial charge in [-0.1, -0.05) is 0 Å². The van der Waals surface area contributed by atoms with Gasteiger partial charge in [-0.2, -0.15) is 4.52 Å². The molecule has 9 heteroatoms. The molecule has 0 saturated carbocycles. The maximum Gasteiger partial charge on any atom is 0.272 e. The van der Waals surface area contributed by atoms with Gasteiger partial charge in [0.25, 0.3) is 5.91 Å². The average molecular weight is 367 g/mol. The highest BCUT2D eigenvalue weighted by Crippen LogP contribution is 2.33. The van der Waals surface area contributed by atoms with Crippen LogP contribution < -0.4 is 4.90 Å². The third-order valence-corrected chi connectivity index (χ3v) is 5.51. The zero-order chi connectivity index (χ0) is 18.5. The molecule has 3 aromatic rings. The van der Waals surface area contributed by atoms with E-state index in [4.69, 9.17) is 0 Å². The monoisotopic (exact) mass is 367 g/mol. The molecule has 0 radical (unpaired) electrons. The molecule has 5 heterocycles. The number of hydrogen-bond donors (Lipinski definition) is 0. The van der Waals surface area contributed by atoms with Gasteiger partial charge >= 0.3 is 0 Å². The number of carbonyl (C=O) groups is 1. The summed E-state index contributed by atoms with van der Waals surface area (Å²) in [4.78, 5) is 20.8. The Morgan fingerprint density at radius 2 is 1.96 bits per heavy atom. The molecule has 0 bridgehead atoms. The lowest BCUT2D eigenvalue weighted by atomic mass is 10.0. The molecule has 3 aromatic heterocycles. The van der Waals surface area contributed by atoms with Gasteiger partial charge in [0, 0.05) is 38.0 Å². The quantitative estimate of drug-likeness (QED) is 0.677. The van der Waals surface area contributed by atoms with Crippen molar-refractivity contribution >= 4 is 17.4 Å². The Balaban J connectivity index is 1.28. The summed E-state index contributed by atoms with van der Waals surface area (Å²) in [6.07, 6.45) is 2.71. The first-order chi connectivity index (χ1) is 13.1. The van der Waals surface area contributed by atoms with E-state index in [0.29, 0.717) is 36.2 Å². The van der Waals surface area contributed by atoms with E-state index < -0.39 is 5.82 Å². The van der Waals surface area contributed by atoms with E-state index in [0.717, 1.165) is 30.8 Å². The van der Waals surface area contributed by atoms with Gasteiger partial charge in [0.2, 0.25) is 0 Å². The van der Waals surface area contributed by atoms with Crippen LogP contribution in [0, 0.1) is 24.6 Å². The number of amides is 1. The number of halogens is 1. The maximum absolute atomic E-state index is 13.4. The molecule has 138 valence electrons. The number of anilines is 1. The van der Waals surface area contributed by atoms with Gasteiger partial charge in [0.1, 0.15) is 23.7 Å². The van der Waals surface area contributed by atoms with Crippen LogP contribution in [0.1, 0.15) is 16.1 Å². The minimum atomic E-state index is -0.391. The first-order valence-corrected chi connectivity index (χ1v) is 8.92. The minimum Gasteiger partial charge on any atom is -0.354 e. The molecular formula is C18H18FN7O. The fourth-order valence-corrected chi connectivity index (χ4v) is 4.05. The lowest BCUT2D eigenvalue weighted by Crippen LogP contribution is -2.34. The second-order valence-electron chi connectivity index (χ2n) is 7.28. The number of fused-ring (bicyclic) bond motifs is 2. The van der Waals surface area contributed by atoms with Gasteiger partial charge in [-0.05, 0) is 30.7 Å². The zero-order valence-electron chi connectivity index (χ0n) is 14.8. The van der Waals surface area contributed by atoms with Crippen molar-refractivity contribution in [3.05, 3.63) is 47.8 Å². The number of hydrogen-bond acceptors (Lipinski definition) is 6. The molecule has 0 N–H and O–H groups in total. The Kier molecular flexibility index (Phi) is 3.56. The Hall–Kier alpha value is -3.10. The highest BCUT2D eigenvalue weighted by atomic mass is 19.1. The molecule has 1 amide bonds. The summed E-state index contributed by atoms with van der Waals surface area (Å²) in [6.45, 7) is 4.72. The molecule has 0 spiro atoms. The van der Waals surface area contributed by atoms with E-state index in [1.165, 1.54) is 6.07 Å². The largest absolute Gasteiger partial charge is 0.354 e. The third kappa shape index (κ3) is 2.70. The summed E-state index contributed by atoms with van der Waals surface area (Å²) >= 11 is 0. The summed E-state index contributed by atoms with van der Waals surface area (Å²) in [5.41, 5.74) is 1.47. The zero-order valence-corrected chi connectivity index (χ0v) is 14.8. The van der Waals surface area contributed by atoms with E-state index >= 15 is 0 Å².